The molecule has 1 aliphatic heterocycles. The zero-order valence-corrected chi connectivity index (χ0v) is 15.8. The maximum atomic E-state index is 12.2. The van der Waals surface area contributed by atoms with Crippen molar-refractivity contribution in [1.29, 1.82) is 0 Å². The molecule has 27 heavy (non-hydrogen) atoms. The molecule has 2 aromatic carbocycles. The van der Waals surface area contributed by atoms with Gasteiger partial charge in [-0.05, 0) is 42.8 Å². The first-order valence-electron chi connectivity index (χ1n) is 8.39. The monoisotopic (exact) mass is 390 g/mol. The Morgan fingerprint density at radius 2 is 1.93 bits per heavy atom. The van der Waals surface area contributed by atoms with Crippen molar-refractivity contribution in [3.8, 4) is 17.2 Å². The molecule has 0 fully saturated rings. The van der Waals surface area contributed by atoms with Crippen LogP contribution in [0, 0.1) is 0 Å². The Balaban J connectivity index is 1.68. The van der Waals surface area contributed by atoms with Crippen molar-refractivity contribution < 1.29 is 28.5 Å². The molecule has 0 saturated heterocycles. The first-order chi connectivity index (χ1) is 13.0. The fourth-order valence-electron chi connectivity index (χ4n) is 2.75. The van der Waals surface area contributed by atoms with E-state index in [1.165, 1.54) is 14.0 Å². The van der Waals surface area contributed by atoms with Crippen LogP contribution >= 0.6 is 11.6 Å². The van der Waals surface area contributed by atoms with Crippen LogP contribution in [0.25, 0.3) is 0 Å². The van der Waals surface area contributed by atoms with Crippen molar-refractivity contribution in [3.05, 3.63) is 52.0 Å². The Morgan fingerprint density at radius 3 is 2.67 bits per heavy atom. The number of ether oxygens (including phenoxy) is 4. The smallest absolute Gasteiger partial charge is 0.310 e. The molecule has 0 spiro atoms. The summed E-state index contributed by atoms with van der Waals surface area (Å²) in [6.07, 6.45) is 0.0328. The van der Waals surface area contributed by atoms with E-state index in [0.29, 0.717) is 52.2 Å². The van der Waals surface area contributed by atoms with Gasteiger partial charge >= 0.3 is 5.97 Å². The summed E-state index contributed by atoms with van der Waals surface area (Å²) in [6, 6.07) is 8.39. The summed E-state index contributed by atoms with van der Waals surface area (Å²) in [6.45, 7) is 2.35. The molecular formula is C20H19ClO6. The van der Waals surface area contributed by atoms with E-state index >= 15 is 0 Å². The highest BCUT2D eigenvalue weighted by Crippen LogP contribution is 2.38. The summed E-state index contributed by atoms with van der Waals surface area (Å²) in [5.74, 6) is 1.06. The number of esters is 1. The minimum Gasteiger partial charge on any atom is -0.496 e. The van der Waals surface area contributed by atoms with Crippen molar-refractivity contribution >= 4 is 23.4 Å². The van der Waals surface area contributed by atoms with Crippen molar-refractivity contribution in [1.82, 2.24) is 0 Å². The molecule has 3 rings (SSSR count). The third kappa shape index (κ3) is 4.52. The average molecular weight is 391 g/mol. The van der Waals surface area contributed by atoms with Gasteiger partial charge < -0.3 is 18.9 Å². The van der Waals surface area contributed by atoms with Gasteiger partial charge in [-0.2, -0.15) is 0 Å². The molecule has 0 atom stereocenters. The van der Waals surface area contributed by atoms with Crippen LogP contribution in [0.2, 0.25) is 5.02 Å². The number of ketones is 1. The van der Waals surface area contributed by atoms with Gasteiger partial charge in [0.2, 0.25) is 0 Å². The molecule has 0 N–H and O–H groups in total. The van der Waals surface area contributed by atoms with Crippen LogP contribution in [0.15, 0.2) is 30.3 Å². The Morgan fingerprint density at radius 1 is 1.15 bits per heavy atom. The molecule has 0 aromatic heterocycles. The van der Waals surface area contributed by atoms with Gasteiger partial charge in [-0.15, -0.1) is 0 Å². The quantitative estimate of drug-likeness (QED) is 0.554. The van der Waals surface area contributed by atoms with Crippen molar-refractivity contribution in [2.24, 2.45) is 0 Å². The number of carbonyl (C=O) groups is 2. The number of rotatable bonds is 6. The first-order valence-corrected chi connectivity index (χ1v) is 8.77. The van der Waals surface area contributed by atoms with E-state index in [9.17, 15) is 9.59 Å². The zero-order valence-electron chi connectivity index (χ0n) is 15.0. The number of benzene rings is 2. The van der Waals surface area contributed by atoms with Crippen molar-refractivity contribution in [2.45, 2.75) is 20.0 Å². The largest absolute Gasteiger partial charge is 0.496 e. The lowest BCUT2D eigenvalue weighted by molar-refractivity contribution is -0.144. The molecular weight excluding hydrogens is 372 g/mol. The molecule has 0 radical (unpaired) electrons. The van der Waals surface area contributed by atoms with Gasteiger partial charge in [-0.3, -0.25) is 9.59 Å². The molecule has 142 valence electrons. The van der Waals surface area contributed by atoms with Gasteiger partial charge in [0.05, 0.1) is 18.6 Å². The Hall–Kier alpha value is -2.73. The van der Waals surface area contributed by atoms with Gasteiger partial charge in [0, 0.05) is 11.1 Å². The van der Waals surface area contributed by atoms with Gasteiger partial charge in [0.25, 0.3) is 0 Å². The maximum Gasteiger partial charge on any atom is 0.310 e. The molecule has 2 aromatic rings. The van der Waals surface area contributed by atoms with Crippen LogP contribution in [0.3, 0.4) is 0 Å². The van der Waals surface area contributed by atoms with Gasteiger partial charge in [-0.1, -0.05) is 11.6 Å². The summed E-state index contributed by atoms with van der Waals surface area (Å²) < 4.78 is 21.6. The van der Waals surface area contributed by atoms with E-state index in [2.05, 4.69) is 0 Å². The fourth-order valence-corrected chi connectivity index (χ4v) is 3.04. The number of Topliss-reactive ketones (excluding diaryl/α,β-unsaturated/α-hetero) is 1. The minimum absolute atomic E-state index is 0.00140. The molecule has 6 nitrogen and oxygen atoms in total. The minimum atomic E-state index is -0.432. The summed E-state index contributed by atoms with van der Waals surface area (Å²) in [5, 5.41) is 0.394. The van der Waals surface area contributed by atoms with Crippen LogP contribution in [-0.2, 0) is 22.6 Å². The SMILES string of the molecule is COc1ccc(C(C)=O)cc1COC(=O)Cc1cc(Cl)c2c(c1)OCCO2. The maximum absolute atomic E-state index is 12.2. The van der Waals surface area contributed by atoms with Crippen molar-refractivity contribution in [2.75, 3.05) is 20.3 Å². The van der Waals surface area contributed by atoms with E-state index in [0.717, 1.165) is 0 Å². The van der Waals surface area contributed by atoms with E-state index in [1.54, 1.807) is 30.3 Å². The first kappa shape index (κ1) is 19.0. The third-order valence-corrected chi connectivity index (χ3v) is 4.36. The molecule has 0 amide bonds. The Labute approximate surface area is 161 Å². The predicted octanol–water partition coefficient (Wildman–Crippen LogP) is 3.61. The lowest BCUT2D eigenvalue weighted by Crippen LogP contribution is -2.16. The Bertz CT molecular complexity index is 877. The number of carbonyl (C=O) groups excluding carboxylic acids is 2. The van der Waals surface area contributed by atoms with Gasteiger partial charge in [0.1, 0.15) is 25.6 Å². The van der Waals surface area contributed by atoms with Crippen LogP contribution in [0.5, 0.6) is 17.2 Å². The predicted molar refractivity (Wildman–Crippen MR) is 98.9 cm³/mol. The second kappa shape index (κ2) is 8.31. The molecule has 0 aliphatic carbocycles. The number of methoxy groups -OCH3 is 1. The second-order valence-corrected chi connectivity index (χ2v) is 6.43. The highest BCUT2D eigenvalue weighted by Gasteiger charge is 2.18. The lowest BCUT2D eigenvalue weighted by atomic mass is 10.1. The van der Waals surface area contributed by atoms with Gasteiger partial charge in [0.15, 0.2) is 17.3 Å². The average Bonchev–Trinajstić information content (AvgIpc) is 2.66. The highest BCUT2D eigenvalue weighted by atomic mass is 35.5. The van der Waals surface area contributed by atoms with E-state index in [1.807, 2.05) is 0 Å². The lowest BCUT2D eigenvalue weighted by Gasteiger charge is -2.20. The van der Waals surface area contributed by atoms with Crippen LogP contribution in [0.4, 0.5) is 0 Å². The highest BCUT2D eigenvalue weighted by molar-refractivity contribution is 6.32. The number of fused-ring (bicyclic) bond motifs is 1. The van der Waals surface area contributed by atoms with Crippen LogP contribution < -0.4 is 14.2 Å². The molecule has 1 heterocycles. The zero-order chi connectivity index (χ0) is 19.4. The number of halogens is 1. The fraction of sp³-hybridized carbons (Fsp3) is 0.300. The summed E-state index contributed by atoms with van der Waals surface area (Å²) in [5.41, 5.74) is 1.82. The number of hydrogen-bond donors (Lipinski definition) is 0. The molecule has 0 saturated carbocycles. The second-order valence-electron chi connectivity index (χ2n) is 6.02. The summed E-state index contributed by atoms with van der Waals surface area (Å²) >= 11 is 6.18. The van der Waals surface area contributed by atoms with Gasteiger partial charge in [-0.25, -0.2) is 0 Å². The van der Waals surface area contributed by atoms with Crippen molar-refractivity contribution in [3.63, 3.8) is 0 Å². The van der Waals surface area contributed by atoms with E-state index in [-0.39, 0.29) is 18.8 Å². The molecule has 1 aliphatic rings. The summed E-state index contributed by atoms with van der Waals surface area (Å²) in [4.78, 5) is 23.8. The normalized spacial score (nSPS) is 12.4. The van der Waals surface area contributed by atoms with Crippen LogP contribution in [-0.4, -0.2) is 32.1 Å². The van der Waals surface area contributed by atoms with E-state index in [4.69, 9.17) is 30.5 Å². The summed E-state index contributed by atoms with van der Waals surface area (Å²) in [7, 11) is 1.52. The number of hydrogen-bond acceptors (Lipinski definition) is 6. The van der Waals surface area contributed by atoms with Crippen LogP contribution in [0.1, 0.15) is 28.4 Å². The molecule has 0 bridgehead atoms. The van der Waals surface area contributed by atoms with E-state index < -0.39 is 5.97 Å². The Kier molecular flexibility index (Phi) is 5.86. The third-order valence-electron chi connectivity index (χ3n) is 4.08. The standard InChI is InChI=1S/C20H19ClO6/c1-12(22)14-3-4-17(24-2)15(10-14)11-27-19(23)9-13-7-16(21)20-18(8-13)25-5-6-26-20/h3-4,7-8,10H,5-6,9,11H2,1-2H3. The molecule has 7 heteroatoms. The molecule has 0 unspecified atom stereocenters. The topological polar surface area (TPSA) is 71.1 Å².